The second-order valence-corrected chi connectivity index (χ2v) is 8.91. The first kappa shape index (κ1) is 24.6. The van der Waals surface area contributed by atoms with Crippen LogP contribution in [0, 0.1) is 0 Å². The molecule has 0 atom stereocenters. The van der Waals surface area contributed by atoms with Crippen LogP contribution in [-0.2, 0) is 0 Å². The van der Waals surface area contributed by atoms with Crippen molar-refractivity contribution in [1.29, 1.82) is 0 Å². The topological polar surface area (TPSA) is 85.7 Å². The molecule has 35 heavy (non-hydrogen) atoms. The summed E-state index contributed by atoms with van der Waals surface area (Å²) in [4.78, 5) is 20.0. The number of Topliss-reactive ketones (excluding diaryl/α,β-unsaturated/α-hetero) is 1. The molecule has 0 aliphatic carbocycles. The molecule has 0 spiro atoms. The minimum atomic E-state index is -0.453. The Balaban J connectivity index is 1.58. The smallest absolute Gasteiger partial charge is 0.235 e. The highest BCUT2D eigenvalue weighted by Gasteiger charge is 2.31. The number of carbonyl (C=O) groups is 1. The van der Waals surface area contributed by atoms with Crippen LogP contribution < -0.4 is 14.4 Å². The minimum absolute atomic E-state index is 0.0371. The van der Waals surface area contributed by atoms with Gasteiger partial charge in [0.2, 0.25) is 5.78 Å². The fourth-order valence-corrected chi connectivity index (χ4v) is 4.47. The zero-order valence-corrected chi connectivity index (χ0v) is 20.6. The molecule has 0 radical (unpaired) electrons. The molecule has 8 nitrogen and oxygen atoms in total. The van der Waals surface area contributed by atoms with Crippen LogP contribution in [-0.4, -0.2) is 85.8 Å². The molecule has 2 aromatic rings. The first-order chi connectivity index (χ1) is 16.8. The van der Waals surface area contributed by atoms with Crippen LogP contribution in [0.25, 0.3) is 5.57 Å². The average Bonchev–Trinajstić information content (AvgIpc) is 3.15. The standard InChI is InChI=1S/C27H33N3O5/c1-5-30(13-12-29-10-8-28(3)9-11-29)22-7-6-20(34-4)17-21(22)18(2)14-25-27(33)26-23(32)15-19(31)16-24(26)35-25/h6-7,14-17,31-32H,2,5,8-13H2,1,3-4H3. The molecule has 0 unspecified atom stereocenters. The lowest BCUT2D eigenvalue weighted by atomic mass is 10.0. The molecule has 2 N–H and O–H groups in total. The number of anilines is 1. The van der Waals surface area contributed by atoms with Crippen LogP contribution in [0.5, 0.6) is 23.0 Å². The number of phenols is 2. The van der Waals surface area contributed by atoms with Crippen molar-refractivity contribution in [2.24, 2.45) is 0 Å². The number of hydrogen-bond acceptors (Lipinski definition) is 8. The van der Waals surface area contributed by atoms with Crippen molar-refractivity contribution in [3.63, 3.8) is 0 Å². The number of fused-ring (bicyclic) bond motifs is 1. The molecule has 0 aromatic heterocycles. The fourth-order valence-electron chi connectivity index (χ4n) is 4.47. The monoisotopic (exact) mass is 479 g/mol. The van der Waals surface area contributed by atoms with Crippen LogP contribution >= 0.6 is 0 Å². The van der Waals surface area contributed by atoms with Gasteiger partial charge in [0.15, 0.2) is 5.76 Å². The van der Waals surface area contributed by atoms with Crippen molar-refractivity contribution in [3.8, 4) is 23.0 Å². The Morgan fingerprint density at radius 2 is 1.94 bits per heavy atom. The van der Waals surface area contributed by atoms with Gasteiger partial charge in [0.25, 0.3) is 0 Å². The number of rotatable bonds is 8. The first-order valence-electron chi connectivity index (χ1n) is 11.8. The van der Waals surface area contributed by atoms with Gasteiger partial charge in [-0.05, 0) is 43.8 Å². The Morgan fingerprint density at radius 1 is 1.20 bits per heavy atom. The molecule has 2 aliphatic rings. The van der Waals surface area contributed by atoms with Crippen molar-refractivity contribution < 1.29 is 24.5 Å². The number of likely N-dealkylation sites (N-methyl/N-ethyl adjacent to an activating group) is 2. The summed E-state index contributed by atoms with van der Waals surface area (Å²) in [6.07, 6.45) is 1.57. The van der Waals surface area contributed by atoms with Gasteiger partial charge in [0, 0.05) is 69.2 Å². The van der Waals surface area contributed by atoms with E-state index in [4.69, 9.17) is 9.47 Å². The molecule has 2 aromatic carbocycles. The van der Waals surface area contributed by atoms with Gasteiger partial charge >= 0.3 is 0 Å². The fraction of sp³-hybridized carbons (Fsp3) is 0.370. The van der Waals surface area contributed by atoms with Gasteiger partial charge in [0.1, 0.15) is 28.6 Å². The normalized spacial score (nSPS) is 17.3. The highest BCUT2D eigenvalue weighted by atomic mass is 16.5. The van der Waals surface area contributed by atoms with E-state index in [9.17, 15) is 15.0 Å². The minimum Gasteiger partial charge on any atom is -0.508 e. The van der Waals surface area contributed by atoms with Crippen LogP contribution in [0.4, 0.5) is 5.69 Å². The summed E-state index contributed by atoms with van der Waals surface area (Å²) in [5.74, 6) is -0.0984. The third-order valence-corrected chi connectivity index (χ3v) is 6.60. The largest absolute Gasteiger partial charge is 0.508 e. The molecule has 4 rings (SSSR count). The molecular weight excluding hydrogens is 446 g/mol. The van der Waals surface area contributed by atoms with Crippen LogP contribution in [0.2, 0.25) is 0 Å². The van der Waals surface area contributed by atoms with Gasteiger partial charge in [-0.1, -0.05) is 6.58 Å². The number of methoxy groups -OCH3 is 1. The maximum absolute atomic E-state index is 12.9. The molecule has 1 fully saturated rings. The van der Waals surface area contributed by atoms with E-state index in [0.717, 1.165) is 63.1 Å². The molecule has 2 heterocycles. The summed E-state index contributed by atoms with van der Waals surface area (Å²) in [5, 5.41) is 19.8. The van der Waals surface area contributed by atoms with E-state index in [-0.39, 0.29) is 28.6 Å². The number of hydrogen-bond donors (Lipinski definition) is 2. The van der Waals surface area contributed by atoms with E-state index < -0.39 is 5.78 Å². The predicted molar refractivity (Wildman–Crippen MR) is 137 cm³/mol. The lowest BCUT2D eigenvalue weighted by molar-refractivity contribution is 0.101. The Labute approximate surface area is 206 Å². The number of benzene rings is 2. The highest BCUT2D eigenvalue weighted by molar-refractivity contribution is 6.15. The molecule has 8 heteroatoms. The van der Waals surface area contributed by atoms with Crippen molar-refractivity contribution in [2.45, 2.75) is 6.92 Å². The van der Waals surface area contributed by atoms with E-state index in [1.807, 2.05) is 18.2 Å². The van der Waals surface area contributed by atoms with E-state index >= 15 is 0 Å². The lowest BCUT2D eigenvalue weighted by Crippen LogP contribution is -2.47. The van der Waals surface area contributed by atoms with Crippen molar-refractivity contribution in [2.75, 3.05) is 64.9 Å². The number of phenolic OH excluding ortho intramolecular Hbond substituents is 2. The maximum Gasteiger partial charge on any atom is 0.235 e. The van der Waals surface area contributed by atoms with Crippen LogP contribution in [0.3, 0.4) is 0 Å². The number of ketones is 1. The number of carbonyl (C=O) groups excluding carboxylic acids is 1. The Hall–Kier alpha value is -3.49. The van der Waals surface area contributed by atoms with Crippen molar-refractivity contribution in [1.82, 2.24) is 9.80 Å². The molecular formula is C27H33N3O5. The van der Waals surface area contributed by atoms with Gasteiger partial charge in [-0.2, -0.15) is 0 Å². The van der Waals surface area contributed by atoms with Crippen molar-refractivity contribution in [3.05, 3.63) is 59.9 Å². The van der Waals surface area contributed by atoms with E-state index in [0.29, 0.717) is 11.3 Å². The summed E-state index contributed by atoms with van der Waals surface area (Å²) < 4.78 is 11.1. The molecule has 1 saturated heterocycles. The third kappa shape index (κ3) is 5.28. The second-order valence-electron chi connectivity index (χ2n) is 8.91. The van der Waals surface area contributed by atoms with E-state index in [1.165, 1.54) is 6.07 Å². The molecule has 0 bridgehead atoms. The van der Waals surface area contributed by atoms with Gasteiger partial charge < -0.3 is 29.5 Å². The van der Waals surface area contributed by atoms with Crippen LogP contribution in [0.15, 0.2) is 48.7 Å². The summed E-state index contributed by atoms with van der Waals surface area (Å²) >= 11 is 0. The first-order valence-corrected chi connectivity index (χ1v) is 11.8. The second kappa shape index (κ2) is 10.4. The van der Waals surface area contributed by atoms with E-state index in [2.05, 4.69) is 35.3 Å². The Morgan fingerprint density at radius 3 is 2.63 bits per heavy atom. The summed E-state index contributed by atoms with van der Waals surface area (Å²) in [6.45, 7) is 13.2. The number of ether oxygens (including phenoxy) is 2. The molecule has 186 valence electrons. The Bertz CT molecular complexity index is 1150. The van der Waals surface area contributed by atoms with Crippen LogP contribution in [0.1, 0.15) is 22.8 Å². The zero-order valence-electron chi connectivity index (χ0n) is 20.6. The number of piperazine rings is 1. The van der Waals surface area contributed by atoms with Gasteiger partial charge in [-0.3, -0.25) is 9.69 Å². The third-order valence-electron chi connectivity index (χ3n) is 6.60. The molecule has 2 aliphatic heterocycles. The van der Waals surface area contributed by atoms with Gasteiger partial charge in [0.05, 0.1) is 7.11 Å². The quantitative estimate of drug-likeness (QED) is 0.558. The molecule has 0 amide bonds. The lowest BCUT2D eigenvalue weighted by Gasteiger charge is -2.34. The number of nitrogens with zero attached hydrogens (tertiary/aromatic N) is 3. The summed E-state index contributed by atoms with van der Waals surface area (Å²) in [7, 11) is 3.77. The summed E-state index contributed by atoms with van der Waals surface area (Å²) in [5.41, 5.74) is 2.44. The number of aromatic hydroxyl groups is 2. The maximum atomic E-state index is 12.9. The van der Waals surface area contributed by atoms with E-state index in [1.54, 1.807) is 13.2 Å². The predicted octanol–water partition coefficient (Wildman–Crippen LogP) is 3.35. The van der Waals surface area contributed by atoms with Gasteiger partial charge in [-0.25, -0.2) is 0 Å². The highest BCUT2D eigenvalue weighted by Crippen LogP contribution is 2.41. The number of allylic oxidation sites excluding steroid dienone is 3. The summed E-state index contributed by atoms with van der Waals surface area (Å²) in [6, 6.07) is 8.28. The Kier molecular flexibility index (Phi) is 7.33. The van der Waals surface area contributed by atoms with Crippen molar-refractivity contribution >= 4 is 17.0 Å². The van der Waals surface area contributed by atoms with Gasteiger partial charge in [-0.15, -0.1) is 0 Å². The SMILES string of the molecule is C=C(C=C1Oc2cc(O)cc(O)c2C1=O)c1cc(OC)ccc1N(CC)CCN1CCN(C)CC1. The average molecular weight is 480 g/mol. The zero-order chi connectivity index (χ0) is 25.1. The molecule has 0 saturated carbocycles.